The second kappa shape index (κ2) is 7.03. The van der Waals surface area contributed by atoms with Crippen molar-refractivity contribution < 1.29 is 9.90 Å². The van der Waals surface area contributed by atoms with Crippen LogP contribution in [0.2, 0.25) is 0 Å². The lowest BCUT2D eigenvalue weighted by Gasteiger charge is -2.41. The van der Waals surface area contributed by atoms with Gasteiger partial charge < -0.3 is 14.9 Å². The summed E-state index contributed by atoms with van der Waals surface area (Å²) in [5.74, 6) is 1.34. The molecule has 1 atom stereocenters. The Morgan fingerprint density at radius 3 is 2.68 bits per heavy atom. The van der Waals surface area contributed by atoms with Gasteiger partial charge in [-0.25, -0.2) is 4.98 Å². The fourth-order valence-electron chi connectivity index (χ4n) is 5.50. The highest BCUT2D eigenvalue weighted by molar-refractivity contribution is 5.86. The van der Waals surface area contributed by atoms with E-state index < -0.39 is 0 Å². The summed E-state index contributed by atoms with van der Waals surface area (Å²) in [6.07, 6.45) is 6.35. The lowest BCUT2D eigenvalue weighted by atomic mass is 9.78. The van der Waals surface area contributed by atoms with Gasteiger partial charge in [0.1, 0.15) is 5.82 Å². The molecule has 1 aliphatic carbocycles. The quantitative estimate of drug-likeness (QED) is 0.869. The first kappa shape index (κ1) is 17.9. The van der Waals surface area contributed by atoms with Crippen molar-refractivity contribution in [3.63, 3.8) is 0 Å². The maximum Gasteiger partial charge on any atom is 0.230 e. The zero-order valence-electron chi connectivity index (χ0n) is 16.4. The number of benzene rings is 1. The molecule has 1 aromatic carbocycles. The molecule has 1 amide bonds. The van der Waals surface area contributed by atoms with Crippen LogP contribution in [0, 0.1) is 5.41 Å². The Morgan fingerprint density at radius 2 is 1.82 bits per heavy atom. The average Bonchev–Trinajstić information content (AvgIpc) is 3.04. The molecule has 2 saturated heterocycles. The fourth-order valence-corrected chi connectivity index (χ4v) is 5.50. The zero-order chi connectivity index (χ0) is 19.1. The molecule has 3 fully saturated rings. The smallest absolute Gasteiger partial charge is 0.230 e. The number of nitrogens with zero attached hydrogens (tertiary/aromatic N) is 3. The standard InChI is InChI=1S/C23H29N3O2/c27-19-9-7-18(8-10-19)26-15-13-23(22(26)28)12-3-14-25(16-23)21-11-6-17-4-1-2-5-20(17)24-21/h1-2,4-6,11,18-19,27H,3,7-10,12-16H2/t18?,19?,23-/m1/s1. The normalized spacial score (nSPS) is 31.1. The van der Waals surface area contributed by atoms with Crippen LogP contribution in [-0.4, -0.2) is 52.7 Å². The molecule has 5 nitrogen and oxygen atoms in total. The molecule has 5 rings (SSSR count). The number of carbonyl (C=O) groups is 1. The first-order valence-electron chi connectivity index (χ1n) is 10.7. The van der Waals surface area contributed by atoms with E-state index in [0.29, 0.717) is 11.9 Å². The number of piperidine rings is 1. The molecule has 0 radical (unpaired) electrons. The molecule has 0 bridgehead atoms. The second-order valence-electron chi connectivity index (χ2n) is 8.88. The molecule has 2 aromatic rings. The molecular formula is C23H29N3O2. The Hall–Kier alpha value is -2.14. The average molecular weight is 380 g/mol. The van der Waals surface area contributed by atoms with Crippen molar-refractivity contribution in [2.45, 2.75) is 57.1 Å². The number of aliphatic hydroxyl groups is 1. The van der Waals surface area contributed by atoms with Crippen LogP contribution in [0.1, 0.15) is 44.9 Å². The Kier molecular flexibility index (Phi) is 4.50. The molecule has 2 aliphatic heterocycles. The van der Waals surface area contributed by atoms with Crippen LogP contribution in [-0.2, 0) is 4.79 Å². The number of rotatable bonds is 2. The van der Waals surface area contributed by atoms with Gasteiger partial charge in [-0.3, -0.25) is 4.79 Å². The highest BCUT2D eigenvalue weighted by atomic mass is 16.3. The van der Waals surface area contributed by atoms with E-state index in [0.717, 1.165) is 81.3 Å². The van der Waals surface area contributed by atoms with Crippen molar-refractivity contribution in [1.82, 2.24) is 9.88 Å². The van der Waals surface area contributed by atoms with Crippen molar-refractivity contribution in [2.24, 2.45) is 5.41 Å². The van der Waals surface area contributed by atoms with Gasteiger partial charge >= 0.3 is 0 Å². The van der Waals surface area contributed by atoms with Crippen molar-refractivity contribution in [1.29, 1.82) is 0 Å². The Bertz CT molecular complexity index is 877. The van der Waals surface area contributed by atoms with Gasteiger partial charge in [-0.2, -0.15) is 0 Å². The molecule has 148 valence electrons. The largest absolute Gasteiger partial charge is 0.393 e. The van der Waals surface area contributed by atoms with E-state index in [1.54, 1.807) is 0 Å². The van der Waals surface area contributed by atoms with Crippen LogP contribution in [0.3, 0.4) is 0 Å². The number of likely N-dealkylation sites (tertiary alicyclic amines) is 1. The van der Waals surface area contributed by atoms with Crippen molar-refractivity contribution in [3.05, 3.63) is 36.4 Å². The lowest BCUT2D eigenvalue weighted by molar-refractivity contribution is -0.139. The highest BCUT2D eigenvalue weighted by Gasteiger charge is 2.50. The molecule has 28 heavy (non-hydrogen) atoms. The van der Waals surface area contributed by atoms with Gasteiger partial charge in [0, 0.05) is 31.1 Å². The van der Waals surface area contributed by atoms with Crippen LogP contribution < -0.4 is 4.90 Å². The summed E-state index contributed by atoms with van der Waals surface area (Å²) in [4.78, 5) is 22.8. The maximum absolute atomic E-state index is 13.5. The second-order valence-corrected chi connectivity index (χ2v) is 8.88. The molecule has 0 unspecified atom stereocenters. The minimum Gasteiger partial charge on any atom is -0.393 e. The molecule has 1 N–H and O–H groups in total. The summed E-state index contributed by atoms with van der Waals surface area (Å²) >= 11 is 0. The summed E-state index contributed by atoms with van der Waals surface area (Å²) in [6.45, 7) is 2.62. The minimum atomic E-state index is -0.248. The minimum absolute atomic E-state index is 0.174. The Labute approximate surface area is 166 Å². The van der Waals surface area contributed by atoms with E-state index in [1.807, 2.05) is 12.1 Å². The number of para-hydroxylation sites is 1. The molecular weight excluding hydrogens is 350 g/mol. The third kappa shape index (κ3) is 3.06. The van der Waals surface area contributed by atoms with Gasteiger partial charge in [0.25, 0.3) is 0 Å². The van der Waals surface area contributed by atoms with E-state index in [-0.39, 0.29) is 11.5 Å². The lowest BCUT2D eigenvalue weighted by Crippen LogP contribution is -2.50. The third-order valence-electron chi connectivity index (χ3n) is 7.14. The van der Waals surface area contributed by atoms with Gasteiger partial charge in [-0.15, -0.1) is 0 Å². The molecule has 1 spiro atoms. The molecule has 1 saturated carbocycles. The molecule has 3 aliphatic rings. The number of amides is 1. The maximum atomic E-state index is 13.5. The molecule has 5 heteroatoms. The van der Waals surface area contributed by atoms with Crippen molar-refractivity contribution in [2.75, 3.05) is 24.5 Å². The third-order valence-corrected chi connectivity index (χ3v) is 7.14. The Balaban J connectivity index is 1.35. The van der Waals surface area contributed by atoms with Gasteiger partial charge in [0.15, 0.2) is 0 Å². The zero-order valence-corrected chi connectivity index (χ0v) is 16.4. The number of aromatic nitrogens is 1. The van der Waals surface area contributed by atoms with Gasteiger partial charge in [-0.1, -0.05) is 18.2 Å². The van der Waals surface area contributed by atoms with E-state index in [1.165, 1.54) is 0 Å². The van der Waals surface area contributed by atoms with Gasteiger partial charge in [0.2, 0.25) is 5.91 Å². The number of hydrogen-bond acceptors (Lipinski definition) is 4. The topological polar surface area (TPSA) is 56.7 Å². The predicted octanol–water partition coefficient (Wildman–Crippen LogP) is 3.36. The fraction of sp³-hybridized carbons (Fsp3) is 0.565. The number of aliphatic hydroxyl groups excluding tert-OH is 1. The number of pyridine rings is 1. The summed E-state index contributed by atoms with van der Waals surface area (Å²) in [6, 6.07) is 12.8. The summed E-state index contributed by atoms with van der Waals surface area (Å²) in [5, 5.41) is 11.0. The number of fused-ring (bicyclic) bond motifs is 1. The van der Waals surface area contributed by atoms with E-state index in [2.05, 4.69) is 34.1 Å². The Morgan fingerprint density at radius 1 is 1.00 bits per heavy atom. The van der Waals surface area contributed by atoms with E-state index in [4.69, 9.17) is 4.98 Å². The van der Waals surface area contributed by atoms with Crippen LogP contribution in [0.25, 0.3) is 10.9 Å². The van der Waals surface area contributed by atoms with Crippen LogP contribution >= 0.6 is 0 Å². The highest BCUT2D eigenvalue weighted by Crippen LogP contribution is 2.43. The van der Waals surface area contributed by atoms with E-state index in [9.17, 15) is 9.90 Å². The van der Waals surface area contributed by atoms with E-state index >= 15 is 0 Å². The van der Waals surface area contributed by atoms with Crippen molar-refractivity contribution in [3.8, 4) is 0 Å². The predicted molar refractivity (Wildman–Crippen MR) is 110 cm³/mol. The van der Waals surface area contributed by atoms with Crippen molar-refractivity contribution >= 4 is 22.6 Å². The van der Waals surface area contributed by atoms with Crippen LogP contribution in [0.15, 0.2) is 36.4 Å². The van der Waals surface area contributed by atoms with Gasteiger partial charge in [-0.05, 0) is 63.1 Å². The van der Waals surface area contributed by atoms with Crippen LogP contribution in [0.4, 0.5) is 5.82 Å². The van der Waals surface area contributed by atoms with Crippen LogP contribution in [0.5, 0.6) is 0 Å². The number of anilines is 1. The monoisotopic (exact) mass is 379 g/mol. The summed E-state index contributed by atoms with van der Waals surface area (Å²) in [7, 11) is 0. The summed E-state index contributed by atoms with van der Waals surface area (Å²) < 4.78 is 0. The van der Waals surface area contributed by atoms with Gasteiger partial charge in [0.05, 0.1) is 17.0 Å². The summed E-state index contributed by atoms with van der Waals surface area (Å²) in [5.41, 5.74) is 0.765. The first-order valence-corrected chi connectivity index (χ1v) is 10.7. The molecule has 3 heterocycles. The number of carbonyl (C=O) groups excluding carboxylic acids is 1. The molecule has 1 aromatic heterocycles. The number of hydrogen-bond donors (Lipinski definition) is 1. The SMILES string of the molecule is O=C1N(C2CCC(O)CC2)CC[C@@]12CCCN(c1ccc3ccccc3n1)C2. The first-order chi connectivity index (χ1) is 13.6.